The topological polar surface area (TPSA) is 111 Å². The number of para-hydroxylation sites is 1. The van der Waals surface area contributed by atoms with Gasteiger partial charge in [0.25, 0.3) is 0 Å². The lowest BCUT2D eigenvalue weighted by Gasteiger charge is -2.25. The number of rotatable bonds is 4. The van der Waals surface area contributed by atoms with Crippen molar-refractivity contribution in [2.75, 3.05) is 12.8 Å². The number of nitrogens with zero attached hydrogens (tertiary/aromatic N) is 4. The van der Waals surface area contributed by atoms with Gasteiger partial charge >= 0.3 is 5.97 Å². The van der Waals surface area contributed by atoms with Crippen LogP contribution >= 0.6 is 0 Å². The molecule has 1 saturated carbocycles. The Balaban J connectivity index is 1.45. The molecule has 0 unspecified atom stereocenters. The van der Waals surface area contributed by atoms with Crippen LogP contribution in [0.25, 0.3) is 38.9 Å². The molecule has 0 bridgehead atoms. The molecular formula is C27H25FN6O2. The second-order valence-electron chi connectivity index (χ2n) is 9.23. The number of nitrogen functional groups attached to an aromatic ring is 1. The smallest absolute Gasteiger partial charge is 0.308 e. The molecule has 1 aliphatic carbocycles. The summed E-state index contributed by atoms with van der Waals surface area (Å²) in [5.74, 6) is 0.732. The molecule has 182 valence electrons. The number of aromatic amines is 1. The predicted molar refractivity (Wildman–Crippen MR) is 135 cm³/mol. The lowest BCUT2D eigenvalue weighted by atomic mass is 9.81. The summed E-state index contributed by atoms with van der Waals surface area (Å²) in [5, 5.41) is 5.41. The highest BCUT2D eigenvalue weighted by Crippen LogP contribution is 2.39. The quantitative estimate of drug-likeness (QED) is 0.343. The van der Waals surface area contributed by atoms with Crippen molar-refractivity contribution >= 4 is 28.2 Å². The maximum atomic E-state index is 14.6. The number of esters is 1. The molecule has 3 N–H and O–H groups in total. The third-order valence-corrected chi connectivity index (χ3v) is 7.19. The number of anilines is 1. The van der Waals surface area contributed by atoms with Crippen LogP contribution in [0.4, 0.5) is 10.2 Å². The van der Waals surface area contributed by atoms with Crippen molar-refractivity contribution in [1.29, 1.82) is 0 Å². The summed E-state index contributed by atoms with van der Waals surface area (Å²) >= 11 is 0. The molecule has 3 aromatic heterocycles. The Morgan fingerprint density at radius 3 is 2.67 bits per heavy atom. The van der Waals surface area contributed by atoms with Gasteiger partial charge in [-0.1, -0.05) is 36.4 Å². The first-order valence-electron chi connectivity index (χ1n) is 12.0. The van der Waals surface area contributed by atoms with Crippen LogP contribution in [-0.4, -0.2) is 37.6 Å². The number of nitrogens with two attached hydrogens (primary N) is 1. The van der Waals surface area contributed by atoms with E-state index >= 15 is 0 Å². The molecule has 5 aromatic rings. The van der Waals surface area contributed by atoms with Crippen molar-refractivity contribution in [2.45, 2.75) is 31.6 Å². The van der Waals surface area contributed by atoms with E-state index in [0.29, 0.717) is 22.6 Å². The van der Waals surface area contributed by atoms with Gasteiger partial charge in [-0.3, -0.25) is 4.79 Å². The number of benzene rings is 2. The number of ether oxygens (including phenoxy) is 1. The average Bonchev–Trinajstić information content (AvgIpc) is 3.51. The van der Waals surface area contributed by atoms with E-state index < -0.39 is 0 Å². The van der Waals surface area contributed by atoms with Crippen molar-refractivity contribution in [1.82, 2.24) is 24.6 Å². The molecule has 0 spiro atoms. The normalized spacial score (nSPS) is 18.1. The molecule has 1 aliphatic rings. The Labute approximate surface area is 206 Å². The number of halogens is 1. The first-order chi connectivity index (χ1) is 17.5. The number of imidazole rings is 1. The highest BCUT2D eigenvalue weighted by Gasteiger charge is 2.31. The van der Waals surface area contributed by atoms with E-state index in [4.69, 9.17) is 15.5 Å². The Morgan fingerprint density at radius 1 is 1.11 bits per heavy atom. The molecule has 9 heteroatoms. The number of carbonyl (C=O) groups is 1. The molecule has 0 radical (unpaired) electrons. The van der Waals surface area contributed by atoms with Gasteiger partial charge in [-0.25, -0.2) is 18.9 Å². The highest BCUT2D eigenvalue weighted by molar-refractivity contribution is 5.98. The molecule has 2 aromatic carbocycles. The SMILES string of the molecule is COC(=O)[C@H]1CC[C@H](c2nc(-c3cc4cccc(-c5ccccc5F)c4[nH]3)c3c(N)ncnn32)CC1. The maximum absolute atomic E-state index is 14.6. The Morgan fingerprint density at radius 2 is 1.89 bits per heavy atom. The largest absolute Gasteiger partial charge is 0.469 e. The Hall–Kier alpha value is -4.27. The van der Waals surface area contributed by atoms with E-state index in [1.54, 1.807) is 16.6 Å². The molecule has 6 rings (SSSR count). The number of H-pyrrole nitrogens is 1. The van der Waals surface area contributed by atoms with Gasteiger partial charge < -0.3 is 15.5 Å². The fourth-order valence-electron chi connectivity index (χ4n) is 5.37. The third kappa shape index (κ3) is 3.59. The number of aromatic nitrogens is 5. The van der Waals surface area contributed by atoms with Crippen molar-refractivity contribution in [2.24, 2.45) is 5.92 Å². The zero-order chi connectivity index (χ0) is 24.8. The molecule has 36 heavy (non-hydrogen) atoms. The standard InChI is InChI=1S/C27H25FN6O2/c1-36-27(35)16-11-9-15(10-12-16)26-33-23(24-25(29)30-14-31-34(24)26)21-13-17-5-4-7-19(22(17)32-21)18-6-2-3-8-20(18)28/h2-8,13-16,32H,9-12H2,1H3,(H2,29,30,31)/t15-,16-. The number of hydrogen-bond acceptors (Lipinski definition) is 6. The monoisotopic (exact) mass is 484 g/mol. The summed E-state index contributed by atoms with van der Waals surface area (Å²) in [4.78, 5) is 24.7. The highest BCUT2D eigenvalue weighted by atomic mass is 19.1. The molecular weight excluding hydrogens is 459 g/mol. The molecule has 0 amide bonds. The summed E-state index contributed by atoms with van der Waals surface area (Å²) in [5.41, 5.74) is 10.4. The zero-order valence-corrected chi connectivity index (χ0v) is 19.7. The first kappa shape index (κ1) is 22.2. The predicted octanol–water partition coefficient (Wildman–Crippen LogP) is 5.11. The molecule has 1 fully saturated rings. The van der Waals surface area contributed by atoms with Gasteiger partial charge in [0.15, 0.2) is 5.82 Å². The number of hydrogen-bond donors (Lipinski definition) is 2. The van der Waals surface area contributed by atoms with E-state index in [9.17, 15) is 9.18 Å². The average molecular weight is 485 g/mol. The van der Waals surface area contributed by atoms with Gasteiger partial charge in [0.05, 0.1) is 24.2 Å². The van der Waals surface area contributed by atoms with Gasteiger partial charge in [0.1, 0.15) is 29.2 Å². The second kappa shape index (κ2) is 8.75. The van der Waals surface area contributed by atoms with E-state index in [2.05, 4.69) is 15.1 Å². The minimum absolute atomic E-state index is 0.0813. The fraction of sp³-hybridized carbons (Fsp3) is 0.259. The summed E-state index contributed by atoms with van der Waals surface area (Å²) in [6.07, 6.45) is 4.50. The number of methoxy groups -OCH3 is 1. The van der Waals surface area contributed by atoms with Crippen molar-refractivity contribution in [3.63, 3.8) is 0 Å². The van der Waals surface area contributed by atoms with Crippen LogP contribution in [0, 0.1) is 11.7 Å². The minimum Gasteiger partial charge on any atom is -0.469 e. The van der Waals surface area contributed by atoms with Crippen LogP contribution in [-0.2, 0) is 9.53 Å². The Kier molecular flexibility index (Phi) is 5.40. The lowest BCUT2D eigenvalue weighted by molar-refractivity contribution is -0.146. The maximum Gasteiger partial charge on any atom is 0.308 e. The van der Waals surface area contributed by atoms with Crippen LogP contribution in [0.1, 0.15) is 37.4 Å². The van der Waals surface area contributed by atoms with E-state index in [1.807, 2.05) is 30.3 Å². The first-order valence-corrected chi connectivity index (χ1v) is 12.0. The van der Waals surface area contributed by atoms with Crippen LogP contribution in [0.5, 0.6) is 0 Å². The molecule has 3 heterocycles. The third-order valence-electron chi connectivity index (χ3n) is 7.19. The summed E-state index contributed by atoms with van der Waals surface area (Å²) < 4.78 is 21.3. The van der Waals surface area contributed by atoms with Gasteiger partial charge in [-0.2, -0.15) is 5.10 Å². The van der Waals surface area contributed by atoms with Crippen LogP contribution in [0.3, 0.4) is 0 Å². The number of carbonyl (C=O) groups excluding carboxylic acids is 1. The van der Waals surface area contributed by atoms with E-state index in [1.165, 1.54) is 19.5 Å². The van der Waals surface area contributed by atoms with E-state index in [-0.39, 0.29) is 23.6 Å². The van der Waals surface area contributed by atoms with Gasteiger partial charge in [0, 0.05) is 22.4 Å². The van der Waals surface area contributed by atoms with Crippen LogP contribution < -0.4 is 5.73 Å². The van der Waals surface area contributed by atoms with Crippen LogP contribution in [0.2, 0.25) is 0 Å². The van der Waals surface area contributed by atoms with Crippen LogP contribution in [0.15, 0.2) is 54.9 Å². The van der Waals surface area contributed by atoms with Gasteiger partial charge in [-0.15, -0.1) is 0 Å². The van der Waals surface area contributed by atoms with Gasteiger partial charge in [0.2, 0.25) is 0 Å². The molecule has 8 nitrogen and oxygen atoms in total. The lowest BCUT2D eigenvalue weighted by Crippen LogP contribution is -2.23. The van der Waals surface area contributed by atoms with Gasteiger partial charge in [-0.05, 0) is 37.8 Å². The summed E-state index contributed by atoms with van der Waals surface area (Å²) in [7, 11) is 1.43. The number of nitrogens with one attached hydrogen (secondary N) is 1. The molecule has 0 saturated heterocycles. The second-order valence-corrected chi connectivity index (χ2v) is 9.23. The zero-order valence-electron chi connectivity index (χ0n) is 19.7. The summed E-state index contributed by atoms with van der Waals surface area (Å²) in [6, 6.07) is 14.5. The van der Waals surface area contributed by atoms with Crippen molar-refractivity contribution in [3.8, 4) is 22.5 Å². The van der Waals surface area contributed by atoms with Crippen molar-refractivity contribution in [3.05, 3.63) is 66.5 Å². The van der Waals surface area contributed by atoms with E-state index in [0.717, 1.165) is 53.7 Å². The minimum atomic E-state index is -0.281. The van der Waals surface area contributed by atoms with Crippen molar-refractivity contribution < 1.29 is 13.9 Å². The number of fused-ring (bicyclic) bond motifs is 2. The molecule has 0 aliphatic heterocycles. The summed E-state index contributed by atoms with van der Waals surface area (Å²) in [6.45, 7) is 0. The fourth-order valence-corrected chi connectivity index (χ4v) is 5.37. The molecule has 0 atom stereocenters. The Bertz CT molecular complexity index is 1600.